The standard InChI is InChI=1S/C15H18ClN3O/c1-4-13-14(6-5-10(2)19-13)20-15-12(16)7-11(8-17-3)9-18-15/h5-7,9,17H,4,8H2,1-3H3. The largest absolute Gasteiger partial charge is 0.436 e. The highest BCUT2D eigenvalue weighted by Gasteiger charge is 2.10. The summed E-state index contributed by atoms with van der Waals surface area (Å²) in [6, 6.07) is 5.67. The first-order valence-electron chi connectivity index (χ1n) is 6.57. The Hall–Kier alpha value is -1.65. The lowest BCUT2D eigenvalue weighted by molar-refractivity contribution is 0.453. The number of pyridine rings is 2. The van der Waals surface area contributed by atoms with E-state index in [9.17, 15) is 0 Å². The summed E-state index contributed by atoms with van der Waals surface area (Å²) in [5.74, 6) is 1.11. The van der Waals surface area contributed by atoms with E-state index in [2.05, 4.69) is 15.3 Å². The average Bonchev–Trinajstić information content (AvgIpc) is 2.43. The summed E-state index contributed by atoms with van der Waals surface area (Å²) in [6.45, 7) is 4.72. The maximum Gasteiger partial charge on any atom is 0.238 e. The Morgan fingerprint density at radius 1 is 1.35 bits per heavy atom. The van der Waals surface area contributed by atoms with Crippen molar-refractivity contribution in [1.82, 2.24) is 15.3 Å². The lowest BCUT2D eigenvalue weighted by Gasteiger charge is -2.11. The molecule has 2 heterocycles. The van der Waals surface area contributed by atoms with Crippen molar-refractivity contribution in [2.24, 2.45) is 0 Å². The second-order valence-electron chi connectivity index (χ2n) is 4.51. The maximum atomic E-state index is 6.21. The number of nitrogens with zero attached hydrogens (tertiary/aromatic N) is 2. The second-order valence-corrected chi connectivity index (χ2v) is 4.92. The SMILES string of the molecule is CCc1nc(C)ccc1Oc1ncc(CNC)cc1Cl. The van der Waals surface area contributed by atoms with Crippen LogP contribution in [0.2, 0.25) is 5.02 Å². The van der Waals surface area contributed by atoms with Gasteiger partial charge < -0.3 is 10.1 Å². The van der Waals surface area contributed by atoms with E-state index in [0.29, 0.717) is 16.7 Å². The minimum absolute atomic E-state index is 0.409. The van der Waals surface area contributed by atoms with Crippen LogP contribution in [-0.4, -0.2) is 17.0 Å². The van der Waals surface area contributed by atoms with Crippen molar-refractivity contribution >= 4 is 11.6 Å². The van der Waals surface area contributed by atoms with Crippen LogP contribution in [0.3, 0.4) is 0 Å². The zero-order valence-corrected chi connectivity index (χ0v) is 12.7. The Bertz CT molecular complexity index is 602. The Kier molecular flexibility index (Phi) is 4.93. The molecule has 20 heavy (non-hydrogen) atoms. The molecule has 0 aromatic carbocycles. The van der Waals surface area contributed by atoms with E-state index >= 15 is 0 Å². The summed E-state index contributed by atoms with van der Waals surface area (Å²) >= 11 is 6.21. The minimum atomic E-state index is 0.409. The second kappa shape index (κ2) is 6.68. The molecule has 0 unspecified atom stereocenters. The van der Waals surface area contributed by atoms with Gasteiger partial charge in [-0.2, -0.15) is 0 Å². The highest BCUT2D eigenvalue weighted by atomic mass is 35.5. The molecular weight excluding hydrogens is 274 g/mol. The fourth-order valence-electron chi connectivity index (χ4n) is 1.89. The molecule has 0 radical (unpaired) electrons. The number of nitrogens with one attached hydrogen (secondary N) is 1. The van der Waals surface area contributed by atoms with Crippen LogP contribution < -0.4 is 10.1 Å². The molecule has 0 saturated heterocycles. The molecule has 0 atom stereocenters. The fourth-order valence-corrected chi connectivity index (χ4v) is 2.12. The molecule has 0 amide bonds. The van der Waals surface area contributed by atoms with Crippen LogP contribution in [0.4, 0.5) is 0 Å². The number of aryl methyl sites for hydroxylation is 2. The number of aromatic nitrogens is 2. The number of rotatable bonds is 5. The number of ether oxygens (including phenoxy) is 1. The molecule has 2 rings (SSSR count). The van der Waals surface area contributed by atoms with Crippen molar-refractivity contribution in [2.45, 2.75) is 26.8 Å². The van der Waals surface area contributed by atoms with Crippen LogP contribution in [0.5, 0.6) is 11.6 Å². The van der Waals surface area contributed by atoms with E-state index in [1.807, 2.05) is 39.1 Å². The van der Waals surface area contributed by atoms with E-state index in [1.54, 1.807) is 6.20 Å². The van der Waals surface area contributed by atoms with Gasteiger partial charge in [0.05, 0.1) is 5.69 Å². The van der Waals surface area contributed by atoms with E-state index < -0.39 is 0 Å². The van der Waals surface area contributed by atoms with Crippen LogP contribution in [0.25, 0.3) is 0 Å². The fraction of sp³-hybridized carbons (Fsp3) is 0.333. The van der Waals surface area contributed by atoms with Crippen LogP contribution >= 0.6 is 11.6 Å². The predicted molar refractivity (Wildman–Crippen MR) is 80.4 cm³/mol. The molecule has 0 aliphatic rings. The topological polar surface area (TPSA) is 47.0 Å². The van der Waals surface area contributed by atoms with Crippen molar-refractivity contribution in [3.63, 3.8) is 0 Å². The van der Waals surface area contributed by atoms with Gasteiger partial charge in [-0.05, 0) is 44.2 Å². The molecule has 0 aliphatic carbocycles. The summed E-state index contributed by atoms with van der Waals surface area (Å²) in [5, 5.41) is 3.56. The Balaban J connectivity index is 2.26. The van der Waals surface area contributed by atoms with E-state index in [0.717, 1.165) is 29.9 Å². The molecule has 2 aromatic rings. The molecule has 0 aliphatic heterocycles. The monoisotopic (exact) mass is 291 g/mol. The summed E-state index contributed by atoms with van der Waals surface area (Å²) in [7, 11) is 1.88. The van der Waals surface area contributed by atoms with E-state index in [-0.39, 0.29) is 0 Å². The molecule has 2 aromatic heterocycles. The first-order chi connectivity index (χ1) is 9.63. The smallest absolute Gasteiger partial charge is 0.238 e. The molecule has 0 saturated carbocycles. The first-order valence-corrected chi connectivity index (χ1v) is 6.95. The molecule has 106 valence electrons. The van der Waals surface area contributed by atoms with Crippen molar-refractivity contribution in [2.75, 3.05) is 7.05 Å². The van der Waals surface area contributed by atoms with Crippen LogP contribution in [0.15, 0.2) is 24.4 Å². The van der Waals surface area contributed by atoms with Gasteiger partial charge in [0, 0.05) is 18.4 Å². The van der Waals surface area contributed by atoms with Crippen LogP contribution in [0, 0.1) is 6.92 Å². The zero-order valence-electron chi connectivity index (χ0n) is 11.9. The molecule has 4 nitrogen and oxygen atoms in total. The van der Waals surface area contributed by atoms with Gasteiger partial charge in [-0.1, -0.05) is 18.5 Å². The number of halogens is 1. The van der Waals surface area contributed by atoms with Gasteiger partial charge in [0.1, 0.15) is 5.02 Å². The number of hydrogen-bond acceptors (Lipinski definition) is 4. The quantitative estimate of drug-likeness (QED) is 0.916. The summed E-state index contributed by atoms with van der Waals surface area (Å²) < 4.78 is 5.79. The summed E-state index contributed by atoms with van der Waals surface area (Å²) in [4.78, 5) is 8.73. The first kappa shape index (κ1) is 14.8. The average molecular weight is 292 g/mol. The van der Waals surface area contributed by atoms with Gasteiger partial charge in [0.15, 0.2) is 5.75 Å². The number of hydrogen-bond donors (Lipinski definition) is 1. The highest BCUT2D eigenvalue weighted by molar-refractivity contribution is 6.31. The van der Waals surface area contributed by atoms with Gasteiger partial charge in [-0.25, -0.2) is 4.98 Å². The lowest BCUT2D eigenvalue weighted by Crippen LogP contribution is -2.05. The van der Waals surface area contributed by atoms with Crippen LogP contribution in [-0.2, 0) is 13.0 Å². The maximum absolute atomic E-state index is 6.21. The predicted octanol–water partition coefficient (Wildman–Crippen LogP) is 3.51. The normalized spacial score (nSPS) is 10.6. The third-order valence-electron chi connectivity index (χ3n) is 2.86. The van der Waals surface area contributed by atoms with Crippen molar-refractivity contribution in [1.29, 1.82) is 0 Å². The Morgan fingerprint density at radius 2 is 2.15 bits per heavy atom. The van der Waals surface area contributed by atoms with Crippen molar-refractivity contribution in [3.8, 4) is 11.6 Å². The van der Waals surface area contributed by atoms with Gasteiger partial charge >= 0.3 is 0 Å². The van der Waals surface area contributed by atoms with Gasteiger partial charge in [-0.3, -0.25) is 4.98 Å². The molecular formula is C15H18ClN3O. The van der Waals surface area contributed by atoms with E-state index in [4.69, 9.17) is 16.3 Å². The van der Waals surface area contributed by atoms with Gasteiger partial charge in [0.2, 0.25) is 5.88 Å². The van der Waals surface area contributed by atoms with Crippen molar-refractivity contribution < 1.29 is 4.74 Å². The molecule has 0 fully saturated rings. The van der Waals surface area contributed by atoms with Crippen molar-refractivity contribution in [3.05, 3.63) is 46.4 Å². The van der Waals surface area contributed by atoms with E-state index in [1.165, 1.54) is 0 Å². The Labute approximate surface area is 124 Å². The minimum Gasteiger partial charge on any atom is -0.436 e. The molecule has 5 heteroatoms. The third kappa shape index (κ3) is 3.46. The van der Waals surface area contributed by atoms with Gasteiger partial charge in [0.25, 0.3) is 0 Å². The summed E-state index contributed by atoms with van der Waals surface area (Å²) in [6.07, 6.45) is 2.55. The lowest BCUT2D eigenvalue weighted by atomic mass is 10.2. The molecule has 1 N–H and O–H groups in total. The zero-order chi connectivity index (χ0) is 14.5. The highest BCUT2D eigenvalue weighted by Crippen LogP contribution is 2.29. The summed E-state index contributed by atoms with van der Waals surface area (Å²) in [5.41, 5.74) is 2.89. The van der Waals surface area contributed by atoms with Crippen LogP contribution in [0.1, 0.15) is 23.9 Å². The third-order valence-corrected chi connectivity index (χ3v) is 3.13. The molecule has 0 bridgehead atoms. The Morgan fingerprint density at radius 3 is 2.80 bits per heavy atom. The van der Waals surface area contributed by atoms with Gasteiger partial charge in [-0.15, -0.1) is 0 Å². The molecule has 0 spiro atoms.